The molecule has 3 nitrogen and oxygen atoms in total. The van der Waals surface area contributed by atoms with E-state index >= 15 is 0 Å². The number of ether oxygens (including phenoxy) is 2. The van der Waals surface area contributed by atoms with Crippen LogP contribution in [0.2, 0.25) is 0 Å². The minimum Gasteiger partial charge on any atom is -0.495 e. The summed E-state index contributed by atoms with van der Waals surface area (Å²) in [6.07, 6.45) is 1.99. The van der Waals surface area contributed by atoms with E-state index in [0.717, 1.165) is 22.0 Å². The van der Waals surface area contributed by atoms with Crippen LogP contribution in [0.5, 0.6) is 11.5 Å². The van der Waals surface area contributed by atoms with Crippen LogP contribution < -0.4 is 15.2 Å². The number of hydrogen-bond donors (Lipinski definition) is 1. The molecule has 1 aromatic rings. The monoisotopic (exact) mass is 213 g/mol. The molecule has 1 rings (SSSR count). The van der Waals surface area contributed by atoms with Crippen LogP contribution in [0.1, 0.15) is 5.56 Å². The summed E-state index contributed by atoms with van der Waals surface area (Å²) in [4.78, 5) is 1.01. The number of hydrogen-bond acceptors (Lipinski definition) is 4. The van der Waals surface area contributed by atoms with Crippen molar-refractivity contribution in [2.75, 3.05) is 20.5 Å². The Morgan fingerprint density at radius 2 is 1.71 bits per heavy atom. The van der Waals surface area contributed by atoms with Gasteiger partial charge >= 0.3 is 0 Å². The van der Waals surface area contributed by atoms with Gasteiger partial charge in [0.05, 0.1) is 19.1 Å². The normalized spacial score (nSPS) is 10.0. The van der Waals surface area contributed by atoms with Gasteiger partial charge in [0, 0.05) is 6.54 Å². The van der Waals surface area contributed by atoms with Crippen LogP contribution >= 0.6 is 11.8 Å². The fourth-order valence-corrected chi connectivity index (χ4v) is 1.94. The van der Waals surface area contributed by atoms with Crippen LogP contribution in [0.4, 0.5) is 0 Å². The molecule has 0 aromatic heterocycles. The first-order valence-corrected chi connectivity index (χ1v) is 5.48. The number of thioether (sulfide) groups is 1. The zero-order chi connectivity index (χ0) is 10.6. The molecule has 4 heteroatoms. The Bertz CT molecular complexity index is 290. The van der Waals surface area contributed by atoms with Gasteiger partial charge in [0.25, 0.3) is 0 Å². The lowest BCUT2D eigenvalue weighted by Gasteiger charge is -2.12. The molecule has 0 fully saturated rings. The molecular formula is C10H15NO2S. The standard InChI is InChI=1S/C10H15NO2S/c1-12-8-4-7(6-11)5-9(13-2)10(8)14-3/h4-5H,6,11H2,1-3H3. The van der Waals surface area contributed by atoms with Gasteiger partial charge in [-0.15, -0.1) is 11.8 Å². The largest absolute Gasteiger partial charge is 0.495 e. The first kappa shape index (κ1) is 11.2. The average Bonchev–Trinajstić information content (AvgIpc) is 2.26. The molecule has 0 radical (unpaired) electrons. The lowest BCUT2D eigenvalue weighted by atomic mass is 10.2. The Hall–Kier alpha value is -0.870. The van der Waals surface area contributed by atoms with Crippen molar-refractivity contribution in [3.8, 4) is 11.5 Å². The summed E-state index contributed by atoms with van der Waals surface area (Å²) in [6, 6.07) is 3.88. The molecule has 1 aromatic carbocycles. The van der Waals surface area contributed by atoms with Gasteiger partial charge in [0.1, 0.15) is 11.5 Å². The van der Waals surface area contributed by atoms with Crippen LogP contribution in [0.15, 0.2) is 17.0 Å². The highest BCUT2D eigenvalue weighted by atomic mass is 32.2. The molecule has 14 heavy (non-hydrogen) atoms. The van der Waals surface area contributed by atoms with Gasteiger partial charge in [-0.25, -0.2) is 0 Å². The van der Waals surface area contributed by atoms with Crippen molar-refractivity contribution in [3.63, 3.8) is 0 Å². The number of nitrogens with two attached hydrogens (primary N) is 1. The molecule has 0 aliphatic carbocycles. The quantitative estimate of drug-likeness (QED) is 0.776. The van der Waals surface area contributed by atoms with E-state index in [2.05, 4.69) is 0 Å². The van der Waals surface area contributed by atoms with Crippen LogP contribution in [0.3, 0.4) is 0 Å². The summed E-state index contributed by atoms with van der Waals surface area (Å²) in [7, 11) is 3.30. The lowest BCUT2D eigenvalue weighted by Crippen LogP contribution is -1.99. The second-order valence-corrected chi connectivity index (χ2v) is 3.55. The van der Waals surface area contributed by atoms with Crippen molar-refractivity contribution in [2.45, 2.75) is 11.4 Å². The van der Waals surface area contributed by atoms with E-state index in [9.17, 15) is 0 Å². The zero-order valence-electron chi connectivity index (χ0n) is 8.66. The van der Waals surface area contributed by atoms with E-state index in [1.165, 1.54) is 0 Å². The molecule has 0 amide bonds. The first-order valence-electron chi connectivity index (χ1n) is 4.25. The Balaban J connectivity index is 3.24. The van der Waals surface area contributed by atoms with Gasteiger partial charge in [0.15, 0.2) is 0 Å². The molecule has 0 heterocycles. The van der Waals surface area contributed by atoms with Crippen LogP contribution in [0.25, 0.3) is 0 Å². The molecule has 0 aliphatic rings. The predicted octanol–water partition coefficient (Wildman–Crippen LogP) is 1.88. The maximum Gasteiger partial charge on any atom is 0.136 e. The van der Waals surface area contributed by atoms with Gasteiger partial charge in [0.2, 0.25) is 0 Å². The lowest BCUT2D eigenvalue weighted by molar-refractivity contribution is 0.375. The number of methoxy groups -OCH3 is 2. The molecule has 2 N–H and O–H groups in total. The van der Waals surface area contributed by atoms with Gasteiger partial charge < -0.3 is 15.2 Å². The summed E-state index contributed by atoms with van der Waals surface area (Å²) >= 11 is 1.60. The summed E-state index contributed by atoms with van der Waals surface area (Å²) < 4.78 is 10.5. The Morgan fingerprint density at radius 1 is 1.21 bits per heavy atom. The molecule has 0 atom stereocenters. The van der Waals surface area contributed by atoms with Crippen molar-refractivity contribution in [1.82, 2.24) is 0 Å². The molecule has 78 valence electrons. The number of benzene rings is 1. The van der Waals surface area contributed by atoms with Crippen molar-refractivity contribution in [3.05, 3.63) is 17.7 Å². The van der Waals surface area contributed by atoms with Crippen molar-refractivity contribution >= 4 is 11.8 Å². The van der Waals surface area contributed by atoms with E-state index in [1.807, 2.05) is 18.4 Å². The Morgan fingerprint density at radius 3 is 2.00 bits per heavy atom. The van der Waals surface area contributed by atoms with E-state index < -0.39 is 0 Å². The highest BCUT2D eigenvalue weighted by Gasteiger charge is 2.10. The molecule has 0 spiro atoms. The highest BCUT2D eigenvalue weighted by Crippen LogP contribution is 2.37. The summed E-state index contributed by atoms with van der Waals surface area (Å²) in [5.41, 5.74) is 6.58. The first-order chi connectivity index (χ1) is 6.76. The maximum atomic E-state index is 5.57. The summed E-state index contributed by atoms with van der Waals surface area (Å²) in [5.74, 6) is 1.63. The van der Waals surface area contributed by atoms with Crippen molar-refractivity contribution in [2.24, 2.45) is 5.73 Å². The molecule has 0 aliphatic heterocycles. The van der Waals surface area contributed by atoms with Crippen molar-refractivity contribution in [1.29, 1.82) is 0 Å². The molecule has 0 saturated heterocycles. The van der Waals surface area contributed by atoms with Crippen LogP contribution in [-0.2, 0) is 6.54 Å². The van der Waals surface area contributed by atoms with Gasteiger partial charge in [-0.05, 0) is 24.0 Å². The zero-order valence-corrected chi connectivity index (χ0v) is 9.48. The fraction of sp³-hybridized carbons (Fsp3) is 0.400. The maximum absolute atomic E-state index is 5.57. The Kier molecular flexibility index (Phi) is 4.10. The Labute approximate surface area is 88.6 Å². The SMILES string of the molecule is COc1cc(CN)cc(OC)c1SC. The van der Waals surface area contributed by atoms with Crippen LogP contribution in [-0.4, -0.2) is 20.5 Å². The van der Waals surface area contributed by atoms with Crippen LogP contribution in [0, 0.1) is 0 Å². The summed E-state index contributed by atoms with van der Waals surface area (Å²) in [6.45, 7) is 0.487. The van der Waals surface area contributed by atoms with Crippen molar-refractivity contribution < 1.29 is 9.47 Å². The second-order valence-electron chi connectivity index (χ2n) is 2.74. The van der Waals surface area contributed by atoms with Gasteiger partial charge in [-0.2, -0.15) is 0 Å². The minimum absolute atomic E-state index is 0.487. The van der Waals surface area contributed by atoms with E-state index in [1.54, 1.807) is 26.0 Å². The van der Waals surface area contributed by atoms with Gasteiger partial charge in [-0.3, -0.25) is 0 Å². The minimum atomic E-state index is 0.487. The third-order valence-electron chi connectivity index (χ3n) is 1.96. The molecule has 0 bridgehead atoms. The third-order valence-corrected chi connectivity index (χ3v) is 2.77. The van der Waals surface area contributed by atoms with E-state index in [-0.39, 0.29) is 0 Å². The van der Waals surface area contributed by atoms with E-state index in [4.69, 9.17) is 15.2 Å². The average molecular weight is 213 g/mol. The predicted molar refractivity (Wildman–Crippen MR) is 59.2 cm³/mol. The number of rotatable bonds is 4. The topological polar surface area (TPSA) is 44.5 Å². The molecule has 0 saturated carbocycles. The third kappa shape index (κ3) is 2.13. The van der Waals surface area contributed by atoms with E-state index in [0.29, 0.717) is 6.54 Å². The van der Waals surface area contributed by atoms with Gasteiger partial charge in [-0.1, -0.05) is 0 Å². The second kappa shape index (κ2) is 5.12. The molecular weight excluding hydrogens is 198 g/mol. The fourth-order valence-electron chi connectivity index (χ4n) is 1.25. The molecule has 0 unspecified atom stereocenters. The smallest absolute Gasteiger partial charge is 0.136 e. The highest BCUT2D eigenvalue weighted by molar-refractivity contribution is 7.98. The summed E-state index contributed by atoms with van der Waals surface area (Å²) in [5, 5.41) is 0.